The first-order valence-corrected chi connectivity index (χ1v) is 18.0. The number of aliphatic hydroxyl groups excluding tert-OH is 4. The fourth-order valence-corrected chi connectivity index (χ4v) is 3.65. The molecule has 0 heterocycles. The average molecular weight is 811 g/mol. The van der Waals surface area contributed by atoms with Gasteiger partial charge in [-0.3, -0.25) is 19.2 Å². The summed E-state index contributed by atoms with van der Waals surface area (Å²) in [5.41, 5.74) is 0.167. The number of aromatic carboxylic acids is 2. The fraction of sp³-hybridized carbons (Fsp3) is 0.667. The number of aliphatic hydroxyl groups is 4. The molecule has 0 unspecified atom stereocenters. The van der Waals surface area contributed by atoms with Gasteiger partial charge < -0.3 is 68.5 Å². The molecule has 0 bridgehead atoms. The lowest BCUT2D eigenvalue weighted by atomic mass is 10.1. The lowest BCUT2D eigenvalue weighted by Gasteiger charge is -2.06. The van der Waals surface area contributed by atoms with E-state index in [1.165, 1.54) is 24.3 Å². The number of hydrogen-bond donors (Lipinski definition) is 6. The Morgan fingerprint density at radius 3 is 0.750 bits per heavy atom. The van der Waals surface area contributed by atoms with E-state index in [0.717, 1.165) is 0 Å². The van der Waals surface area contributed by atoms with Crippen molar-refractivity contribution < 1.29 is 97.3 Å². The van der Waals surface area contributed by atoms with Gasteiger partial charge >= 0.3 is 35.8 Å². The van der Waals surface area contributed by atoms with Crippen LogP contribution in [0.1, 0.15) is 72.1 Å². The van der Waals surface area contributed by atoms with Crippen molar-refractivity contribution >= 4 is 35.8 Å². The molecule has 1 rings (SSSR count). The topological polar surface area (TPSA) is 298 Å². The normalized spacial score (nSPS) is 10.2. The first kappa shape index (κ1) is 53.8. The quantitative estimate of drug-likeness (QED) is 0.0326. The molecule has 0 aliphatic rings. The Balaban J connectivity index is 0. The lowest BCUT2D eigenvalue weighted by Crippen LogP contribution is -2.13. The van der Waals surface area contributed by atoms with Crippen LogP contribution >= 0.6 is 0 Å². The highest BCUT2D eigenvalue weighted by Crippen LogP contribution is 2.05. The molecule has 0 amide bonds. The van der Waals surface area contributed by atoms with Gasteiger partial charge in [0.05, 0.1) is 90.4 Å². The van der Waals surface area contributed by atoms with Crippen LogP contribution in [0, 0.1) is 0 Å². The van der Waals surface area contributed by atoms with E-state index in [0.29, 0.717) is 25.7 Å². The minimum atomic E-state index is -1.06. The fourth-order valence-electron chi connectivity index (χ4n) is 3.65. The second-order valence-electron chi connectivity index (χ2n) is 10.8. The summed E-state index contributed by atoms with van der Waals surface area (Å²) < 4.78 is 39.4. The maximum Gasteiger partial charge on any atom is 0.335 e. The zero-order chi connectivity index (χ0) is 42.1. The Morgan fingerprint density at radius 2 is 0.571 bits per heavy atom. The molecule has 0 spiro atoms. The number of rotatable bonds is 32. The number of unbranched alkanes of at least 4 members (excludes halogenated alkanes) is 2. The molecule has 56 heavy (non-hydrogen) atoms. The van der Waals surface area contributed by atoms with Gasteiger partial charge in [-0.15, -0.1) is 0 Å². The van der Waals surface area contributed by atoms with Crippen molar-refractivity contribution in [2.24, 2.45) is 0 Å². The summed E-state index contributed by atoms with van der Waals surface area (Å²) in [6.07, 6.45) is 3.16. The molecule has 0 radical (unpaired) electrons. The minimum absolute atomic E-state index is 0.0579. The zero-order valence-electron chi connectivity index (χ0n) is 31.7. The third kappa shape index (κ3) is 38.0. The zero-order valence-corrected chi connectivity index (χ0v) is 31.7. The molecule has 0 saturated heterocycles. The maximum atomic E-state index is 11.3. The first-order valence-electron chi connectivity index (χ1n) is 18.0. The highest BCUT2D eigenvalue weighted by atomic mass is 16.6. The number of esters is 4. The van der Waals surface area contributed by atoms with E-state index < -0.39 is 11.9 Å². The molecule has 0 aromatic heterocycles. The molecule has 0 fully saturated rings. The first-order chi connectivity index (χ1) is 27.0. The SMILES string of the molecule is O=C(CCCCC(=O)OCCOCCO)OCCOCCO.O=C(CCCCC(=O)OCCOCCO)OCCOCCO.O=C(O)c1ccc(C(=O)O)cc1. The van der Waals surface area contributed by atoms with E-state index in [4.69, 9.17) is 68.5 Å². The van der Waals surface area contributed by atoms with Crippen molar-refractivity contribution in [1.82, 2.24) is 0 Å². The largest absolute Gasteiger partial charge is 0.478 e. The van der Waals surface area contributed by atoms with Gasteiger partial charge in [0.2, 0.25) is 0 Å². The maximum absolute atomic E-state index is 11.3. The molecule has 20 nitrogen and oxygen atoms in total. The van der Waals surface area contributed by atoms with E-state index in [9.17, 15) is 28.8 Å². The van der Waals surface area contributed by atoms with Crippen LogP contribution in [0.3, 0.4) is 0 Å². The molecule has 1 aromatic rings. The third-order valence-corrected chi connectivity index (χ3v) is 6.31. The Bertz CT molecular complexity index is 1010. The highest BCUT2D eigenvalue weighted by Gasteiger charge is 2.08. The van der Waals surface area contributed by atoms with Crippen LogP contribution in [0.15, 0.2) is 24.3 Å². The summed E-state index contributed by atoms with van der Waals surface area (Å²) in [5.74, 6) is -3.47. The monoisotopic (exact) mass is 810 g/mol. The summed E-state index contributed by atoms with van der Waals surface area (Å²) in [6.45, 7) is 2.37. The van der Waals surface area contributed by atoms with E-state index in [1.807, 2.05) is 0 Å². The molecule has 1 aromatic carbocycles. The van der Waals surface area contributed by atoms with Crippen LogP contribution in [0.5, 0.6) is 0 Å². The number of carboxylic acids is 2. The van der Waals surface area contributed by atoms with E-state index >= 15 is 0 Å². The average Bonchev–Trinajstić information content (AvgIpc) is 3.18. The number of ether oxygens (including phenoxy) is 8. The standard InChI is InChI=1S/2C14H26O8.C8H6O4/c2*15-5-7-19-9-11-21-13(17)3-1-2-4-14(18)22-12-10-20-8-6-16;9-7(10)5-1-2-6(4-3-5)8(11)12/h2*15-16H,1-12H2;1-4H,(H,9,10)(H,11,12). The van der Waals surface area contributed by atoms with Gasteiger partial charge in [-0.1, -0.05) is 0 Å². The van der Waals surface area contributed by atoms with Gasteiger partial charge in [0.1, 0.15) is 26.4 Å². The molecule has 0 aliphatic carbocycles. The van der Waals surface area contributed by atoms with Crippen LogP contribution < -0.4 is 0 Å². The Morgan fingerprint density at radius 1 is 0.357 bits per heavy atom. The second-order valence-corrected chi connectivity index (χ2v) is 10.8. The van der Waals surface area contributed by atoms with Crippen LogP contribution in [-0.4, -0.2) is 172 Å². The van der Waals surface area contributed by atoms with Gasteiger partial charge in [-0.25, -0.2) is 9.59 Å². The van der Waals surface area contributed by atoms with E-state index in [1.54, 1.807) is 0 Å². The minimum Gasteiger partial charge on any atom is -0.478 e. The number of carbonyl (C=O) groups excluding carboxylic acids is 4. The van der Waals surface area contributed by atoms with Crippen molar-refractivity contribution in [1.29, 1.82) is 0 Å². The summed E-state index contributed by atoms with van der Waals surface area (Å²) in [7, 11) is 0. The summed E-state index contributed by atoms with van der Waals surface area (Å²) in [6, 6.07) is 5.02. The Labute approximate surface area is 325 Å². The highest BCUT2D eigenvalue weighted by molar-refractivity contribution is 5.91. The molecule has 20 heteroatoms. The number of carboxylic acid groups (broad SMARTS) is 2. The molecule has 0 atom stereocenters. The van der Waals surface area contributed by atoms with E-state index in [2.05, 4.69) is 0 Å². The second kappa shape index (κ2) is 40.4. The van der Waals surface area contributed by atoms with Crippen LogP contribution in [-0.2, 0) is 57.1 Å². The van der Waals surface area contributed by atoms with Gasteiger partial charge in [-0.2, -0.15) is 0 Å². The lowest BCUT2D eigenvalue weighted by molar-refractivity contribution is -0.147. The summed E-state index contributed by atoms with van der Waals surface area (Å²) in [4.78, 5) is 65.9. The van der Waals surface area contributed by atoms with Crippen molar-refractivity contribution in [3.8, 4) is 0 Å². The van der Waals surface area contributed by atoms with Crippen molar-refractivity contribution in [3.63, 3.8) is 0 Å². The molecule has 322 valence electrons. The summed E-state index contributed by atoms with van der Waals surface area (Å²) in [5, 5.41) is 50.8. The molecular formula is C36H58O20. The Hall–Kier alpha value is -4.28. The molecule has 0 saturated carbocycles. The summed E-state index contributed by atoms with van der Waals surface area (Å²) >= 11 is 0. The van der Waals surface area contributed by atoms with Crippen molar-refractivity contribution in [2.75, 3.05) is 106 Å². The Kier molecular flexibility index (Phi) is 38.8. The van der Waals surface area contributed by atoms with Crippen LogP contribution in [0.4, 0.5) is 0 Å². The van der Waals surface area contributed by atoms with Crippen molar-refractivity contribution in [3.05, 3.63) is 35.4 Å². The smallest absolute Gasteiger partial charge is 0.335 e. The number of hydrogen-bond acceptors (Lipinski definition) is 18. The predicted molar refractivity (Wildman–Crippen MR) is 193 cm³/mol. The predicted octanol–water partition coefficient (Wildman–Crippen LogP) is 0.385. The molecule has 6 N–H and O–H groups in total. The van der Waals surface area contributed by atoms with Crippen LogP contribution in [0.25, 0.3) is 0 Å². The van der Waals surface area contributed by atoms with Gasteiger partial charge in [0, 0.05) is 25.7 Å². The van der Waals surface area contributed by atoms with Gasteiger partial charge in [0.15, 0.2) is 0 Å². The number of benzene rings is 1. The van der Waals surface area contributed by atoms with Crippen molar-refractivity contribution in [2.45, 2.75) is 51.4 Å². The number of carbonyl (C=O) groups is 6. The molecular weight excluding hydrogens is 752 g/mol. The van der Waals surface area contributed by atoms with E-state index in [-0.39, 0.29) is 166 Å². The van der Waals surface area contributed by atoms with Gasteiger partial charge in [0.25, 0.3) is 0 Å². The molecule has 0 aliphatic heterocycles. The van der Waals surface area contributed by atoms with Gasteiger partial charge in [-0.05, 0) is 49.9 Å². The third-order valence-electron chi connectivity index (χ3n) is 6.31. The van der Waals surface area contributed by atoms with Crippen LogP contribution in [0.2, 0.25) is 0 Å².